The standard InChI is InChI=1S/C22H25N5O4/c1-3-12-27-20(23)19(21(29)25-22(27)30)26(13-14-31-2)17(28)10-9-16-7-4-6-15-8-5-11-24-18(15)16/h4-11H,3,12-14,23H2,1-2H3,(H,25,29,30)/b10-9+. The van der Waals surface area contributed by atoms with Crippen LogP contribution in [-0.2, 0) is 16.1 Å². The molecule has 0 atom stereocenters. The Morgan fingerprint density at radius 3 is 2.81 bits per heavy atom. The summed E-state index contributed by atoms with van der Waals surface area (Å²) in [5.41, 5.74) is 6.25. The topological polar surface area (TPSA) is 123 Å². The Morgan fingerprint density at radius 1 is 1.29 bits per heavy atom. The number of aromatic nitrogens is 3. The van der Waals surface area contributed by atoms with Crippen molar-refractivity contribution in [2.24, 2.45) is 0 Å². The van der Waals surface area contributed by atoms with Gasteiger partial charge in [0, 0.05) is 43.4 Å². The first-order valence-corrected chi connectivity index (χ1v) is 9.92. The highest BCUT2D eigenvalue weighted by atomic mass is 16.5. The molecule has 1 amide bonds. The maximum Gasteiger partial charge on any atom is 0.330 e. The van der Waals surface area contributed by atoms with E-state index in [4.69, 9.17) is 10.5 Å². The second kappa shape index (κ2) is 9.86. The van der Waals surface area contributed by atoms with Gasteiger partial charge in [0.05, 0.1) is 12.1 Å². The third kappa shape index (κ3) is 4.72. The molecule has 3 rings (SSSR count). The Kier molecular flexibility index (Phi) is 6.99. The zero-order valence-corrected chi connectivity index (χ0v) is 17.5. The molecule has 31 heavy (non-hydrogen) atoms. The molecule has 0 saturated heterocycles. The minimum atomic E-state index is -0.723. The number of ether oxygens (including phenoxy) is 1. The number of nitrogen functional groups attached to an aromatic ring is 1. The molecule has 0 aliphatic rings. The number of nitrogens with zero attached hydrogens (tertiary/aromatic N) is 3. The van der Waals surface area contributed by atoms with Gasteiger partial charge in [0.2, 0.25) is 0 Å². The van der Waals surface area contributed by atoms with E-state index in [-0.39, 0.29) is 24.7 Å². The maximum absolute atomic E-state index is 13.1. The number of anilines is 2. The first-order valence-electron chi connectivity index (χ1n) is 9.92. The molecule has 3 N–H and O–H groups in total. The summed E-state index contributed by atoms with van der Waals surface area (Å²) in [6.45, 7) is 2.47. The molecule has 0 aliphatic carbocycles. The SMILES string of the molecule is CCCn1c(N)c(N(CCOC)C(=O)/C=C/c2cccc3cccnc23)c(=O)[nH]c1=O. The summed E-state index contributed by atoms with van der Waals surface area (Å²) >= 11 is 0. The van der Waals surface area contributed by atoms with Crippen molar-refractivity contribution in [3.63, 3.8) is 0 Å². The molecule has 9 heteroatoms. The van der Waals surface area contributed by atoms with Crippen molar-refractivity contribution in [1.82, 2.24) is 14.5 Å². The van der Waals surface area contributed by atoms with Crippen molar-refractivity contribution in [1.29, 1.82) is 0 Å². The molecule has 3 aromatic rings. The monoisotopic (exact) mass is 423 g/mol. The van der Waals surface area contributed by atoms with Gasteiger partial charge < -0.3 is 10.5 Å². The fourth-order valence-corrected chi connectivity index (χ4v) is 3.31. The predicted octanol–water partition coefficient (Wildman–Crippen LogP) is 1.77. The van der Waals surface area contributed by atoms with Crippen molar-refractivity contribution >= 4 is 34.4 Å². The van der Waals surface area contributed by atoms with Gasteiger partial charge in [0.15, 0.2) is 5.69 Å². The Balaban J connectivity index is 2.02. The van der Waals surface area contributed by atoms with E-state index in [2.05, 4.69) is 9.97 Å². The number of aromatic amines is 1. The van der Waals surface area contributed by atoms with Crippen LogP contribution in [0.1, 0.15) is 18.9 Å². The number of nitrogens with one attached hydrogen (secondary N) is 1. The molecule has 0 fully saturated rings. The van der Waals surface area contributed by atoms with Crippen LogP contribution in [0.15, 0.2) is 52.2 Å². The third-order valence-electron chi connectivity index (χ3n) is 4.79. The molecular weight excluding hydrogens is 398 g/mol. The minimum absolute atomic E-state index is 0.0553. The normalized spacial score (nSPS) is 11.3. The molecule has 9 nitrogen and oxygen atoms in total. The lowest BCUT2D eigenvalue weighted by molar-refractivity contribution is -0.114. The van der Waals surface area contributed by atoms with Gasteiger partial charge in [-0.15, -0.1) is 0 Å². The quantitative estimate of drug-likeness (QED) is 0.532. The largest absolute Gasteiger partial charge is 0.383 e. The second-order valence-electron chi connectivity index (χ2n) is 6.88. The van der Waals surface area contributed by atoms with Crippen LogP contribution in [0.3, 0.4) is 0 Å². The molecule has 162 valence electrons. The molecule has 2 aromatic heterocycles. The second-order valence-corrected chi connectivity index (χ2v) is 6.88. The Labute approximate surface area is 178 Å². The van der Waals surface area contributed by atoms with E-state index in [1.807, 2.05) is 37.3 Å². The van der Waals surface area contributed by atoms with Crippen molar-refractivity contribution in [2.75, 3.05) is 30.9 Å². The highest BCUT2D eigenvalue weighted by molar-refractivity contribution is 6.06. The van der Waals surface area contributed by atoms with Gasteiger partial charge in [-0.05, 0) is 18.6 Å². The van der Waals surface area contributed by atoms with E-state index >= 15 is 0 Å². The number of carbonyl (C=O) groups is 1. The number of fused-ring (bicyclic) bond motifs is 1. The van der Waals surface area contributed by atoms with Crippen LogP contribution in [0.2, 0.25) is 0 Å². The number of methoxy groups -OCH3 is 1. The summed E-state index contributed by atoms with van der Waals surface area (Å²) < 4.78 is 6.35. The number of para-hydroxylation sites is 1. The number of amides is 1. The molecular formula is C22H25N5O4. The van der Waals surface area contributed by atoms with Gasteiger partial charge in [-0.2, -0.15) is 0 Å². The molecule has 0 spiro atoms. The van der Waals surface area contributed by atoms with Gasteiger partial charge in [0.25, 0.3) is 11.5 Å². The lowest BCUT2D eigenvalue weighted by Crippen LogP contribution is -2.42. The van der Waals surface area contributed by atoms with Gasteiger partial charge >= 0.3 is 5.69 Å². The first-order chi connectivity index (χ1) is 15.0. The Morgan fingerprint density at radius 2 is 2.06 bits per heavy atom. The maximum atomic E-state index is 13.1. The van der Waals surface area contributed by atoms with Crippen molar-refractivity contribution in [2.45, 2.75) is 19.9 Å². The average molecular weight is 423 g/mol. The van der Waals surface area contributed by atoms with Crippen LogP contribution >= 0.6 is 0 Å². The smallest absolute Gasteiger partial charge is 0.330 e. The summed E-state index contributed by atoms with van der Waals surface area (Å²) in [5, 5.41) is 0.945. The fourth-order valence-electron chi connectivity index (χ4n) is 3.31. The number of hydrogen-bond acceptors (Lipinski definition) is 6. The summed E-state index contributed by atoms with van der Waals surface area (Å²) in [6, 6.07) is 9.43. The molecule has 0 radical (unpaired) electrons. The number of pyridine rings is 1. The number of benzene rings is 1. The first kappa shape index (κ1) is 22.0. The Bertz CT molecular complexity index is 1220. The van der Waals surface area contributed by atoms with E-state index in [0.29, 0.717) is 13.0 Å². The van der Waals surface area contributed by atoms with E-state index in [1.165, 1.54) is 22.7 Å². The highest BCUT2D eigenvalue weighted by Crippen LogP contribution is 2.20. The molecule has 0 aliphatic heterocycles. The van der Waals surface area contributed by atoms with E-state index in [1.54, 1.807) is 12.3 Å². The van der Waals surface area contributed by atoms with Crippen LogP contribution < -0.4 is 21.9 Å². The number of rotatable bonds is 8. The third-order valence-corrected chi connectivity index (χ3v) is 4.79. The number of carbonyl (C=O) groups excluding carboxylic acids is 1. The van der Waals surface area contributed by atoms with E-state index < -0.39 is 17.2 Å². The summed E-state index contributed by atoms with van der Waals surface area (Å²) in [7, 11) is 1.49. The average Bonchev–Trinajstić information content (AvgIpc) is 2.77. The molecule has 1 aromatic carbocycles. The highest BCUT2D eigenvalue weighted by Gasteiger charge is 2.22. The fraction of sp³-hybridized carbons (Fsp3) is 0.273. The van der Waals surface area contributed by atoms with Crippen LogP contribution in [0, 0.1) is 0 Å². The predicted molar refractivity (Wildman–Crippen MR) is 121 cm³/mol. The lowest BCUT2D eigenvalue weighted by Gasteiger charge is -2.23. The van der Waals surface area contributed by atoms with Gasteiger partial charge in [-0.3, -0.25) is 29.0 Å². The van der Waals surface area contributed by atoms with Crippen LogP contribution in [0.5, 0.6) is 0 Å². The van der Waals surface area contributed by atoms with Gasteiger partial charge in [-0.25, -0.2) is 4.79 Å². The number of H-pyrrole nitrogens is 1. The molecule has 0 saturated carbocycles. The van der Waals surface area contributed by atoms with Crippen molar-refractivity contribution in [3.05, 3.63) is 69.0 Å². The van der Waals surface area contributed by atoms with Gasteiger partial charge in [0.1, 0.15) is 5.82 Å². The van der Waals surface area contributed by atoms with Crippen molar-refractivity contribution in [3.8, 4) is 0 Å². The van der Waals surface area contributed by atoms with Gasteiger partial charge in [-0.1, -0.05) is 31.2 Å². The van der Waals surface area contributed by atoms with E-state index in [0.717, 1.165) is 16.5 Å². The number of hydrogen-bond donors (Lipinski definition) is 2. The summed E-state index contributed by atoms with van der Waals surface area (Å²) in [4.78, 5) is 45.6. The zero-order chi connectivity index (χ0) is 22.4. The molecule has 0 unspecified atom stereocenters. The van der Waals surface area contributed by atoms with Crippen LogP contribution in [-0.4, -0.2) is 40.7 Å². The van der Waals surface area contributed by atoms with Crippen molar-refractivity contribution < 1.29 is 9.53 Å². The van der Waals surface area contributed by atoms with Crippen LogP contribution in [0.25, 0.3) is 17.0 Å². The molecule has 0 bridgehead atoms. The zero-order valence-electron chi connectivity index (χ0n) is 17.5. The van der Waals surface area contributed by atoms with E-state index in [9.17, 15) is 14.4 Å². The minimum Gasteiger partial charge on any atom is -0.383 e. The number of nitrogens with two attached hydrogens (primary N) is 1. The lowest BCUT2D eigenvalue weighted by atomic mass is 10.1. The molecule has 2 heterocycles. The Hall–Kier alpha value is -3.72. The summed E-state index contributed by atoms with van der Waals surface area (Å²) in [6.07, 6.45) is 5.32. The van der Waals surface area contributed by atoms with Crippen LogP contribution in [0.4, 0.5) is 11.5 Å². The summed E-state index contributed by atoms with van der Waals surface area (Å²) in [5.74, 6) is -0.524.